The van der Waals surface area contributed by atoms with Crippen LogP contribution < -0.4 is 19.7 Å². The maximum atomic E-state index is 12.1. The third kappa shape index (κ3) is 3.67. The minimum atomic E-state index is -0.432. The quantitative estimate of drug-likeness (QED) is 0.819. The number of fused-ring (bicyclic) bond motifs is 1. The minimum absolute atomic E-state index is 0.0947. The topological polar surface area (TPSA) is 94.9 Å². The van der Waals surface area contributed by atoms with E-state index in [2.05, 4.69) is 10.4 Å². The number of carbonyl (C=O) groups excluding carboxylic acids is 2. The predicted octanol–water partition coefficient (Wildman–Crippen LogP) is 1.22. The van der Waals surface area contributed by atoms with Gasteiger partial charge in [-0.2, -0.15) is 5.10 Å². The Morgan fingerprint density at radius 2 is 2.15 bits per heavy atom. The fraction of sp³-hybridized carbons (Fsp3) is 0.389. The second-order valence-electron chi connectivity index (χ2n) is 6.42. The van der Waals surface area contributed by atoms with E-state index in [1.807, 2.05) is 18.2 Å². The van der Waals surface area contributed by atoms with Crippen molar-refractivity contribution in [2.24, 2.45) is 7.05 Å². The normalized spacial score (nSPS) is 17.9. The summed E-state index contributed by atoms with van der Waals surface area (Å²) in [6.45, 7) is 0.885. The zero-order valence-electron chi connectivity index (χ0n) is 14.9. The molecule has 1 N–H and O–H groups in total. The van der Waals surface area contributed by atoms with E-state index >= 15 is 0 Å². The molecule has 9 heteroatoms. The lowest BCUT2D eigenvalue weighted by Crippen LogP contribution is -2.35. The van der Waals surface area contributed by atoms with Crippen LogP contribution in [0.3, 0.4) is 0 Å². The van der Waals surface area contributed by atoms with E-state index in [9.17, 15) is 9.59 Å². The molecule has 2 aliphatic heterocycles. The number of rotatable bonds is 6. The Hall–Kier alpha value is -3.23. The summed E-state index contributed by atoms with van der Waals surface area (Å²) < 4.78 is 17.5. The van der Waals surface area contributed by atoms with E-state index in [1.165, 1.54) is 4.90 Å². The molecule has 0 spiro atoms. The summed E-state index contributed by atoms with van der Waals surface area (Å²) in [4.78, 5) is 25.6. The summed E-state index contributed by atoms with van der Waals surface area (Å²) in [6.07, 6.45) is 1.73. The minimum Gasteiger partial charge on any atom is -0.454 e. The van der Waals surface area contributed by atoms with Crippen molar-refractivity contribution in [1.82, 2.24) is 15.1 Å². The van der Waals surface area contributed by atoms with Crippen molar-refractivity contribution >= 4 is 17.8 Å². The number of aryl methyl sites for hydroxylation is 2. The number of benzene rings is 1. The number of ether oxygens (including phenoxy) is 3. The summed E-state index contributed by atoms with van der Waals surface area (Å²) in [5.41, 5.74) is 1.00. The van der Waals surface area contributed by atoms with Crippen molar-refractivity contribution in [2.75, 3.05) is 24.8 Å². The van der Waals surface area contributed by atoms with Crippen molar-refractivity contribution in [2.45, 2.75) is 18.9 Å². The highest BCUT2D eigenvalue weighted by atomic mass is 16.7. The highest BCUT2D eigenvalue weighted by molar-refractivity contribution is 5.88. The Morgan fingerprint density at radius 3 is 2.96 bits per heavy atom. The largest absolute Gasteiger partial charge is 0.454 e. The Bertz CT molecular complexity index is 865. The molecular weight excluding hydrogens is 352 g/mol. The average Bonchev–Trinajstić information content (AvgIpc) is 3.37. The Labute approximate surface area is 155 Å². The number of carbonyl (C=O) groups is 2. The van der Waals surface area contributed by atoms with E-state index in [-0.39, 0.29) is 25.3 Å². The lowest BCUT2D eigenvalue weighted by Gasteiger charge is -2.12. The van der Waals surface area contributed by atoms with Crippen molar-refractivity contribution in [1.29, 1.82) is 0 Å². The van der Waals surface area contributed by atoms with Gasteiger partial charge < -0.3 is 19.5 Å². The monoisotopic (exact) mass is 372 g/mol. The highest BCUT2D eigenvalue weighted by Gasteiger charge is 2.33. The van der Waals surface area contributed by atoms with E-state index in [1.54, 1.807) is 24.0 Å². The van der Waals surface area contributed by atoms with Crippen LogP contribution in [-0.4, -0.2) is 47.8 Å². The molecule has 3 heterocycles. The summed E-state index contributed by atoms with van der Waals surface area (Å²) >= 11 is 0. The van der Waals surface area contributed by atoms with Crippen LogP contribution in [0.25, 0.3) is 0 Å². The second-order valence-corrected chi connectivity index (χ2v) is 6.42. The lowest BCUT2D eigenvalue weighted by atomic mass is 10.1. The number of nitrogens with zero attached hydrogens (tertiary/aromatic N) is 3. The molecule has 1 saturated heterocycles. The van der Waals surface area contributed by atoms with Gasteiger partial charge in [-0.25, -0.2) is 4.79 Å². The number of anilines is 1. The zero-order chi connectivity index (χ0) is 18.8. The van der Waals surface area contributed by atoms with Gasteiger partial charge in [0.15, 0.2) is 11.5 Å². The van der Waals surface area contributed by atoms with Crippen LogP contribution in [0, 0.1) is 0 Å². The molecular formula is C18H20N4O5. The van der Waals surface area contributed by atoms with Crippen LogP contribution in [0.1, 0.15) is 12.0 Å². The first kappa shape index (κ1) is 17.2. The van der Waals surface area contributed by atoms with E-state index in [0.717, 1.165) is 11.3 Å². The van der Waals surface area contributed by atoms with Gasteiger partial charge in [-0.05, 0) is 24.1 Å². The first-order valence-electron chi connectivity index (χ1n) is 8.71. The smallest absolute Gasteiger partial charge is 0.416 e. The molecule has 0 radical (unpaired) electrons. The Morgan fingerprint density at radius 1 is 1.30 bits per heavy atom. The van der Waals surface area contributed by atoms with Crippen LogP contribution in [-0.2, 0) is 23.0 Å². The molecule has 0 bridgehead atoms. The van der Waals surface area contributed by atoms with Crippen LogP contribution >= 0.6 is 0 Å². The van der Waals surface area contributed by atoms with Crippen LogP contribution in [0.5, 0.6) is 11.5 Å². The van der Waals surface area contributed by atoms with Crippen molar-refractivity contribution < 1.29 is 23.8 Å². The van der Waals surface area contributed by atoms with Crippen molar-refractivity contribution in [3.05, 3.63) is 36.0 Å². The van der Waals surface area contributed by atoms with Gasteiger partial charge in [-0.3, -0.25) is 14.4 Å². The van der Waals surface area contributed by atoms with E-state index < -0.39 is 6.09 Å². The Balaban J connectivity index is 1.24. The van der Waals surface area contributed by atoms with Gasteiger partial charge in [0.05, 0.1) is 19.3 Å². The second kappa shape index (κ2) is 7.18. The molecule has 142 valence electrons. The van der Waals surface area contributed by atoms with Gasteiger partial charge in [0.1, 0.15) is 11.9 Å². The molecule has 0 aliphatic carbocycles. The number of aromatic nitrogens is 2. The SMILES string of the molecule is Cn1nccc1N1CC(CNC(=O)CCc2ccc3c(c2)OCO3)OC1=O. The van der Waals surface area contributed by atoms with Crippen LogP contribution in [0.4, 0.5) is 10.6 Å². The highest BCUT2D eigenvalue weighted by Crippen LogP contribution is 2.32. The number of amides is 2. The van der Waals surface area contributed by atoms with Crippen molar-refractivity contribution in [3.8, 4) is 11.5 Å². The molecule has 9 nitrogen and oxygen atoms in total. The molecule has 4 rings (SSSR count). The molecule has 1 fully saturated rings. The third-order valence-electron chi connectivity index (χ3n) is 4.55. The molecule has 27 heavy (non-hydrogen) atoms. The summed E-state index contributed by atoms with van der Waals surface area (Å²) in [5.74, 6) is 2.00. The van der Waals surface area contributed by atoms with Crippen LogP contribution in [0.15, 0.2) is 30.5 Å². The fourth-order valence-electron chi connectivity index (χ4n) is 3.12. The number of hydrogen-bond donors (Lipinski definition) is 1. The van der Waals surface area contributed by atoms with Crippen LogP contribution in [0.2, 0.25) is 0 Å². The fourth-order valence-corrected chi connectivity index (χ4v) is 3.12. The van der Waals surface area contributed by atoms with Gasteiger partial charge in [0.2, 0.25) is 12.7 Å². The number of cyclic esters (lactones) is 1. The maximum absolute atomic E-state index is 12.1. The third-order valence-corrected chi connectivity index (χ3v) is 4.55. The van der Waals surface area contributed by atoms with E-state index in [4.69, 9.17) is 14.2 Å². The number of hydrogen-bond acceptors (Lipinski definition) is 6. The summed E-state index contributed by atoms with van der Waals surface area (Å²) in [5, 5.41) is 6.88. The molecule has 0 saturated carbocycles. The molecule has 1 atom stereocenters. The zero-order valence-corrected chi connectivity index (χ0v) is 14.9. The molecule has 2 aliphatic rings. The average molecular weight is 372 g/mol. The van der Waals surface area contributed by atoms with Gasteiger partial charge in [-0.15, -0.1) is 0 Å². The molecule has 1 aromatic carbocycles. The summed E-state index contributed by atoms with van der Waals surface area (Å²) in [7, 11) is 1.76. The molecule has 2 aromatic rings. The van der Waals surface area contributed by atoms with Gasteiger partial charge >= 0.3 is 6.09 Å². The van der Waals surface area contributed by atoms with Crippen molar-refractivity contribution in [3.63, 3.8) is 0 Å². The van der Waals surface area contributed by atoms with E-state index in [0.29, 0.717) is 31.0 Å². The number of nitrogens with one attached hydrogen (secondary N) is 1. The summed E-state index contributed by atoms with van der Waals surface area (Å²) in [6, 6.07) is 7.40. The molecule has 1 unspecified atom stereocenters. The molecule has 1 aromatic heterocycles. The first-order chi connectivity index (χ1) is 13.1. The lowest BCUT2D eigenvalue weighted by molar-refractivity contribution is -0.121. The first-order valence-corrected chi connectivity index (χ1v) is 8.71. The standard InChI is InChI=1S/C18H20N4O5/c1-21-17(6-7-20-21)22-10-13(27-18(22)24)9-19-16(23)5-3-12-2-4-14-15(8-12)26-11-25-14/h2,4,6-8,13H,3,5,9-11H2,1H3,(H,19,23). The Kier molecular flexibility index (Phi) is 4.57. The van der Waals surface area contributed by atoms with Gasteiger partial charge in [0, 0.05) is 19.5 Å². The molecule has 2 amide bonds. The maximum Gasteiger partial charge on any atom is 0.416 e. The van der Waals surface area contributed by atoms with Gasteiger partial charge in [-0.1, -0.05) is 6.07 Å². The van der Waals surface area contributed by atoms with Gasteiger partial charge in [0.25, 0.3) is 0 Å². The predicted molar refractivity (Wildman–Crippen MR) is 94.7 cm³/mol.